The molecule has 0 spiro atoms. The number of aromatic nitrogens is 2. The second-order valence-electron chi connectivity index (χ2n) is 7.85. The summed E-state index contributed by atoms with van der Waals surface area (Å²) in [5, 5.41) is 0. The van der Waals surface area contributed by atoms with E-state index in [1.165, 1.54) is 30.2 Å². The minimum absolute atomic E-state index is 0.165. The Bertz CT molecular complexity index is 852. The number of ether oxygens (including phenoxy) is 1. The van der Waals surface area contributed by atoms with Crippen LogP contribution in [-0.4, -0.2) is 41.1 Å². The monoisotopic (exact) mass is 368 g/mol. The molecule has 2 atom stereocenters. The van der Waals surface area contributed by atoms with Gasteiger partial charge in [-0.05, 0) is 43.9 Å². The van der Waals surface area contributed by atoms with Gasteiger partial charge in [0, 0.05) is 55.5 Å². The highest BCUT2D eigenvalue weighted by atomic mass is 19.1. The van der Waals surface area contributed by atoms with E-state index in [-0.39, 0.29) is 11.9 Å². The van der Waals surface area contributed by atoms with Gasteiger partial charge in [0.15, 0.2) is 0 Å². The van der Waals surface area contributed by atoms with Crippen LogP contribution < -0.4 is 9.64 Å². The second kappa shape index (κ2) is 6.75. The topological polar surface area (TPSA) is 41.5 Å². The molecular weight excluding hydrogens is 343 g/mol. The summed E-state index contributed by atoms with van der Waals surface area (Å²) in [4.78, 5) is 14.3. The van der Waals surface area contributed by atoms with Gasteiger partial charge in [0.05, 0.1) is 12.8 Å². The molecule has 0 amide bonds. The van der Waals surface area contributed by atoms with Gasteiger partial charge in [0.1, 0.15) is 11.6 Å². The summed E-state index contributed by atoms with van der Waals surface area (Å²) in [6.07, 6.45) is 7.64. The van der Waals surface area contributed by atoms with Crippen molar-refractivity contribution >= 4 is 5.95 Å². The second-order valence-corrected chi connectivity index (χ2v) is 7.85. The standard InChI is InChI=1S/C21H25FN4O/c1-27-16-5-6-18(22)14(10-16)13-26-15-4-7-20(26)17-12-23-21(24-19(17)11-15)25-8-2-3-9-25/h5-6,10,12,15,20H,2-4,7-9,11,13H2,1H3/t15-,20-/m1/s1. The molecule has 2 fully saturated rings. The van der Waals surface area contributed by atoms with Crippen LogP contribution in [0.2, 0.25) is 0 Å². The van der Waals surface area contributed by atoms with Gasteiger partial charge in [-0.2, -0.15) is 0 Å². The number of hydrogen-bond acceptors (Lipinski definition) is 5. The minimum Gasteiger partial charge on any atom is -0.497 e. The zero-order valence-corrected chi connectivity index (χ0v) is 15.7. The lowest BCUT2D eigenvalue weighted by molar-refractivity contribution is 0.164. The van der Waals surface area contributed by atoms with Crippen molar-refractivity contribution in [2.45, 2.75) is 50.7 Å². The minimum atomic E-state index is -0.165. The molecule has 0 N–H and O–H groups in total. The Kier molecular flexibility index (Phi) is 4.23. The van der Waals surface area contributed by atoms with Crippen molar-refractivity contribution in [3.63, 3.8) is 0 Å². The molecule has 3 aliphatic heterocycles. The van der Waals surface area contributed by atoms with Crippen molar-refractivity contribution in [2.75, 3.05) is 25.1 Å². The van der Waals surface area contributed by atoms with Crippen LogP contribution in [0.5, 0.6) is 5.75 Å². The van der Waals surface area contributed by atoms with E-state index in [1.54, 1.807) is 13.2 Å². The van der Waals surface area contributed by atoms with Crippen LogP contribution in [0.15, 0.2) is 24.4 Å². The van der Waals surface area contributed by atoms with Crippen LogP contribution >= 0.6 is 0 Å². The molecule has 4 heterocycles. The Labute approximate surface area is 159 Å². The van der Waals surface area contributed by atoms with E-state index < -0.39 is 0 Å². The fourth-order valence-corrected chi connectivity index (χ4v) is 4.88. The molecule has 142 valence electrons. The van der Waals surface area contributed by atoms with Crippen LogP contribution in [0.4, 0.5) is 10.3 Å². The highest BCUT2D eigenvalue weighted by molar-refractivity contribution is 5.38. The first-order chi connectivity index (χ1) is 13.2. The van der Waals surface area contributed by atoms with Gasteiger partial charge < -0.3 is 9.64 Å². The molecule has 1 aromatic carbocycles. The molecule has 1 aromatic heterocycles. The number of halogens is 1. The molecule has 6 heteroatoms. The van der Waals surface area contributed by atoms with Gasteiger partial charge in [-0.25, -0.2) is 14.4 Å². The maximum atomic E-state index is 14.3. The summed E-state index contributed by atoms with van der Waals surface area (Å²) in [7, 11) is 1.62. The molecule has 2 aromatic rings. The number of fused-ring (bicyclic) bond motifs is 4. The highest BCUT2D eigenvalue weighted by Gasteiger charge is 2.41. The van der Waals surface area contributed by atoms with Crippen molar-refractivity contribution in [1.29, 1.82) is 0 Å². The largest absolute Gasteiger partial charge is 0.497 e. The van der Waals surface area contributed by atoms with Gasteiger partial charge in [-0.1, -0.05) is 0 Å². The van der Waals surface area contributed by atoms with E-state index in [9.17, 15) is 4.39 Å². The summed E-state index contributed by atoms with van der Waals surface area (Å²) in [6, 6.07) is 5.70. The summed E-state index contributed by atoms with van der Waals surface area (Å²) in [6.45, 7) is 2.73. The molecule has 0 saturated carbocycles. The van der Waals surface area contributed by atoms with Gasteiger partial charge in [-0.3, -0.25) is 4.90 Å². The van der Waals surface area contributed by atoms with Crippen molar-refractivity contribution in [3.8, 4) is 5.75 Å². The summed E-state index contributed by atoms with van der Waals surface area (Å²) >= 11 is 0. The molecule has 0 radical (unpaired) electrons. The Morgan fingerprint density at radius 1 is 1.22 bits per heavy atom. The molecular formula is C21H25FN4O. The predicted molar refractivity (Wildman–Crippen MR) is 101 cm³/mol. The van der Waals surface area contributed by atoms with Crippen molar-refractivity contribution < 1.29 is 9.13 Å². The van der Waals surface area contributed by atoms with Gasteiger partial charge in [0.25, 0.3) is 0 Å². The lowest BCUT2D eigenvalue weighted by atomic mass is 9.98. The molecule has 5 rings (SSSR count). The fourth-order valence-electron chi connectivity index (χ4n) is 4.88. The maximum absolute atomic E-state index is 14.3. The van der Waals surface area contributed by atoms with E-state index in [4.69, 9.17) is 9.72 Å². The van der Waals surface area contributed by atoms with E-state index >= 15 is 0 Å². The highest BCUT2D eigenvalue weighted by Crippen LogP contribution is 2.44. The summed E-state index contributed by atoms with van der Waals surface area (Å²) in [5.41, 5.74) is 3.13. The molecule has 3 aliphatic rings. The Balaban J connectivity index is 1.42. The summed E-state index contributed by atoms with van der Waals surface area (Å²) in [5.74, 6) is 1.43. The molecule has 27 heavy (non-hydrogen) atoms. The molecule has 5 nitrogen and oxygen atoms in total. The number of benzene rings is 1. The van der Waals surface area contributed by atoms with Crippen LogP contribution in [0, 0.1) is 5.82 Å². The smallest absolute Gasteiger partial charge is 0.225 e. The first-order valence-electron chi connectivity index (χ1n) is 9.92. The van der Waals surface area contributed by atoms with Crippen LogP contribution in [0.1, 0.15) is 48.5 Å². The number of anilines is 1. The first-order valence-corrected chi connectivity index (χ1v) is 9.92. The van der Waals surface area contributed by atoms with Gasteiger partial charge >= 0.3 is 0 Å². The quantitative estimate of drug-likeness (QED) is 0.826. The van der Waals surface area contributed by atoms with E-state index in [0.717, 1.165) is 38.3 Å². The number of hydrogen-bond donors (Lipinski definition) is 0. The van der Waals surface area contributed by atoms with Crippen LogP contribution in [0.25, 0.3) is 0 Å². The Morgan fingerprint density at radius 3 is 2.89 bits per heavy atom. The third kappa shape index (κ3) is 2.96. The number of methoxy groups -OCH3 is 1. The molecule has 2 bridgehead atoms. The van der Waals surface area contributed by atoms with Gasteiger partial charge in [0.2, 0.25) is 5.95 Å². The SMILES string of the molecule is COc1ccc(F)c(CN2[C@@H]3CC[C@@H]2c2cnc(N4CCCC4)nc2C3)c1. The Hall–Kier alpha value is -2.21. The fraction of sp³-hybridized carbons (Fsp3) is 0.524. The third-order valence-electron chi connectivity index (χ3n) is 6.31. The Morgan fingerprint density at radius 2 is 2.07 bits per heavy atom. The van der Waals surface area contributed by atoms with E-state index in [1.807, 2.05) is 12.3 Å². The summed E-state index contributed by atoms with van der Waals surface area (Å²) < 4.78 is 19.6. The average Bonchev–Trinajstić information content (AvgIpc) is 3.31. The zero-order chi connectivity index (χ0) is 18.4. The third-order valence-corrected chi connectivity index (χ3v) is 6.31. The molecule has 2 saturated heterocycles. The van der Waals surface area contributed by atoms with E-state index in [2.05, 4.69) is 14.8 Å². The van der Waals surface area contributed by atoms with Crippen molar-refractivity contribution in [3.05, 3.63) is 47.0 Å². The van der Waals surface area contributed by atoms with Gasteiger partial charge in [-0.15, -0.1) is 0 Å². The maximum Gasteiger partial charge on any atom is 0.225 e. The van der Waals surface area contributed by atoms with Crippen LogP contribution in [0.3, 0.4) is 0 Å². The molecule has 0 aliphatic carbocycles. The van der Waals surface area contributed by atoms with E-state index in [0.29, 0.717) is 23.9 Å². The average molecular weight is 368 g/mol. The molecule has 0 unspecified atom stereocenters. The van der Waals surface area contributed by atoms with Crippen LogP contribution in [-0.2, 0) is 13.0 Å². The van der Waals surface area contributed by atoms with Crippen molar-refractivity contribution in [1.82, 2.24) is 14.9 Å². The lowest BCUT2D eigenvalue weighted by Crippen LogP contribution is -2.38. The predicted octanol–water partition coefficient (Wildman–Crippen LogP) is 3.49. The normalized spacial score (nSPS) is 24.3. The zero-order valence-electron chi connectivity index (χ0n) is 15.7. The lowest BCUT2D eigenvalue weighted by Gasteiger charge is -2.36. The first kappa shape index (κ1) is 16.9. The number of nitrogens with zero attached hydrogens (tertiary/aromatic N) is 4. The number of rotatable bonds is 4. The van der Waals surface area contributed by atoms with Crippen molar-refractivity contribution in [2.24, 2.45) is 0 Å².